The number of fused-ring (bicyclic) bond motifs is 1. The van der Waals surface area contributed by atoms with Gasteiger partial charge in [-0.2, -0.15) is 13.7 Å². The average molecular weight is 389 g/mol. The lowest BCUT2D eigenvalue weighted by atomic mass is 10.1. The number of nitrogens with zero attached hydrogens (tertiary/aromatic N) is 3. The van der Waals surface area contributed by atoms with E-state index in [2.05, 4.69) is 20.8 Å². The van der Waals surface area contributed by atoms with Crippen LogP contribution in [0.3, 0.4) is 0 Å². The van der Waals surface area contributed by atoms with Gasteiger partial charge in [-0.25, -0.2) is 4.98 Å². The molecule has 0 radical (unpaired) electrons. The molecule has 0 atom stereocenters. The van der Waals surface area contributed by atoms with Crippen molar-refractivity contribution in [3.05, 3.63) is 40.5 Å². The largest absolute Gasteiger partial charge is 0.358 e. The molecule has 0 bridgehead atoms. The van der Waals surface area contributed by atoms with Gasteiger partial charge in [-0.3, -0.25) is 9.52 Å². The highest BCUT2D eigenvalue weighted by molar-refractivity contribution is 7.94. The minimum absolute atomic E-state index is 0.205. The fraction of sp³-hybridized carbons (Fsp3) is 0.188. The third kappa shape index (κ3) is 3.02. The van der Waals surface area contributed by atoms with E-state index >= 15 is 0 Å². The first-order valence-corrected chi connectivity index (χ1v) is 9.75. The van der Waals surface area contributed by atoms with Gasteiger partial charge >= 0.3 is 0 Å². The quantitative estimate of drug-likeness (QED) is 0.710. The van der Waals surface area contributed by atoms with Crippen LogP contribution in [-0.2, 0) is 10.0 Å². The van der Waals surface area contributed by atoms with Crippen LogP contribution in [0.25, 0.3) is 10.9 Å². The predicted octanol–water partition coefficient (Wildman–Crippen LogP) is 2.31. The summed E-state index contributed by atoms with van der Waals surface area (Å²) in [5.41, 5.74) is 2.12. The van der Waals surface area contributed by atoms with Crippen molar-refractivity contribution in [1.82, 2.24) is 14.9 Å². The van der Waals surface area contributed by atoms with Crippen molar-refractivity contribution in [2.24, 2.45) is 0 Å². The molecule has 0 spiro atoms. The van der Waals surface area contributed by atoms with Crippen LogP contribution < -0.4 is 4.72 Å². The number of aryl methyl sites for hydroxylation is 1. The van der Waals surface area contributed by atoms with E-state index in [0.29, 0.717) is 22.2 Å². The number of aromatic amines is 1. The first-order chi connectivity index (χ1) is 12.2. The van der Waals surface area contributed by atoms with Gasteiger partial charge in [-0.15, -0.1) is 0 Å². The highest BCUT2D eigenvalue weighted by atomic mass is 32.2. The number of amides is 1. The lowest BCUT2D eigenvalue weighted by Gasteiger charge is -2.08. The van der Waals surface area contributed by atoms with Gasteiger partial charge in [0.1, 0.15) is 10.9 Å². The Hall–Kier alpha value is -2.90. The molecule has 3 aromatic rings. The predicted molar refractivity (Wildman–Crippen MR) is 98.7 cm³/mol. The zero-order valence-corrected chi connectivity index (χ0v) is 15.8. The van der Waals surface area contributed by atoms with Crippen LogP contribution in [0.5, 0.6) is 0 Å². The fourth-order valence-corrected chi connectivity index (χ4v) is 4.72. The molecule has 2 N–H and O–H groups in total. The average Bonchev–Trinajstić information content (AvgIpc) is 3.24. The molecule has 134 valence electrons. The Bertz CT molecular complexity index is 1150. The summed E-state index contributed by atoms with van der Waals surface area (Å²) < 4.78 is 27.6. The maximum absolute atomic E-state index is 12.6. The number of carbonyl (C=O) groups excluding carboxylic acids is 1. The van der Waals surface area contributed by atoms with Gasteiger partial charge in [0.25, 0.3) is 15.9 Å². The normalized spacial score (nSPS) is 11.3. The number of H-pyrrole nitrogens is 1. The number of hydrogen-bond donors (Lipinski definition) is 2. The van der Waals surface area contributed by atoms with Crippen LogP contribution in [0, 0.1) is 18.3 Å². The molecule has 26 heavy (non-hydrogen) atoms. The number of nitriles is 1. The van der Waals surface area contributed by atoms with Gasteiger partial charge in [0, 0.05) is 25.7 Å². The first-order valence-electron chi connectivity index (χ1n) is 7.45. The summed E-state index contributed by atoms with van der Waals surface area (Å²) in [5.74, 6) is -0.315. The molecule has 0 fully saturated rings. The van der Waals surface area contributed by atoms with E-state index < -0.39 is 10.0 Å². The van der Waals surface area contributed by atoms with Crippen molar-refractivity contribution in [2.75, 3.05) is 18.8 Å². The van der Waals surface area contributed by atoms with Crippen LogP contribution in [0.4, 0.5) is 5.69 Å². The molecule has 0 aliphatic heterocycles. The number of sulfonamides is 1. The maximum Gasteiger partial charge on any atom is 0.289 e. The Morgan fingerprint density at radius 2 is 2.12 bits per heavy atom. The zero-order valence-electron chi connectivity index (χ0n) is 14.2. The van der Waals surface area contributed by atoms with Crippen LogP contribution in [0.1, 0.15) is 20.8 Å². The smallest absolute Gasteiger partial charge is 0.289 e. The standard InChI is InChI=1S/C16H15N5O3S2/c1-9-4-5-11(14-13(9)10(6-17)7-18-14)20-26(23,24)16-19-8-12(25-16)15(22)21(2)3/h4-5,7-8,18,20H,1-3H3. The number of rotatable bonds is 4. The Balaban J connectivity index is 2.00. The summed E-state index contributed by atoms with van der Waals surface area (Å²) in [4.78, 5) is 20.3. The molecule has 0 unspecified atom stereocenters. The maximum atomic E-state index is 12.6. The van der Waals surface area contributed by atoms with Crippen LogP contribution in [0.15, 0.2) is 28.9 Å². The molecule has 1 aromatic carbocycles. The van der Waals surface area contributed by atoms with Gasteiger partial charge in [0.05, 0.1) is 23.0 Å². The molecular formula is C16H15N5O3S2. The third-order valence-electron chi connectivity index (χ3n) is 3.74. The van der Waals surface area contributed by atoms with E-state index in [-0.39, 0.29) is 15.1 Å². The molecule has 1 amide bonds. The van der Waals surface area contributed by atoms with Crippen LogP contribution in [-0.4, -0.2) is 43.3 Å². The fourth-order valence-electron chi connectivity index (χ4n) is 2.48. The van der Waals surface area contributed by atoms with Gasteiger partial charge in [0.15, 0.2) is 0 Å². The second kappa shape index (κ2) is 6.44. The number of carbonyl (C=O) groups is 1. The third-order valence-corrected chi connectivity index (χ3v) is 6.48. The summed E-state index contributed by atoms with van der Waals surface area (Å²) in [6.45, 7) is 1.84. The molecule has 0 aliphatic rings. The monoisotopic (exact) mass is 389 g/mol. The Labute approximate surface area is 154 Å². The summed E-state index contributed by atoms with van der Waals surface area (Å²) in [6.07, 6.45) is 2.78. The Kier molecular flexibility index (Phi) is 4.43. The minimum Gasteiger partial charge on any atom is -0.358 e. The van der Waals surface area contributed by atoms with E-state index in [9.17, 15) is 18.5 Å². The zero-order chi connectivity index (χ0) is 19.1. The van der Waals surface area contributed by atoms with Crippen molar-refractivity contribution in [3.63, 3.8) is 0 Å². The van der Waals surface area contributed by atoms with E-state index in [1.54, 1.807) is 26.2 Å². The molecule has 10 heteroatoms. The number of hydrogen-bond acceptors (Lipinski definition) is 6. The van der Waals surface area contributed by atoms with Gasteiger partial charge in [0.2, 0.25) is 4.34 Å². The summed E-state index contributed by atoms with van der Waals surface area (Å²) in [7, 11) is -0.812. The van der Waals surface area contributed by atoms with Crippen molar-refractivity contribution >= 4 is 43.9 Å². The first kappa shape index (κ1) is 17.9. The van der Waals surface area contributed by atoms with Crippen molar-refractivity contribution in [3.8, 4) is 6.07 Å². The van der Waals surface area contributed by atoms with E-state index in [4.69, 9.17) is 0 Å². The summed E-state index contributed by atoms with van der Waals surface area (Å²) in [5, 5.41) is 9.86. The van der Waals surface area contributed by atoms with Gasteiger partial charge < -0.3 is 9.88 Å². The topological polar surface area (TPSA) is 119 Å². The number of aromatic nitrogens is 2. The van der Waals surface area contributed by atoms with Crippen LogP contribution >= 0.6 is 11.3 Å². The van der Waals surface area contributed by atoms with Crippen LogP contribution in [0.2, 0.25) is 0 Å². The van der Waals surface area contributed by atoms with E-state index in [1.165, 1.54) is 17.3 Å². The van der Waals surface area contributed by atoms with Crippen molar-refractivity contribution in [1.29, 1.82) is 5.26 Å². The number of thiazole rings is 1. The number of anilines is 1. The van der Waals surface area contributed by atoms with Crippen molar-refractivity contribution in [2.45, 2.75) is 11.3 Å². The summed E-state index contributed by atoms with van der Waals surface area (Å²) in [6, 6.07) is 5.43. The molecular weight excluding hydrogens is 374 g/mol. The second-order valence-electron chi connectivity index (χ2n) is 5.79. The van der Waals surface area contributed by atoms with Crippen molar-refractivity contribution < 1.29 is 13.2 Å². The second-order valence-corrected chi connectivity index (χ2v) is 8.68. The molecule has 8 nitrogen and oxygen atoms in total. The summed E-state index contributed by atoms with van der Waals surface area (Å²) >= 11 is 0.798. The molecule has 2 heterocycles. The molecule has 0 saturated heterocycles. The molecule has 0 saturated carbocycles. The highest BCUT2D eigenvalue weighted by Crippen LogP contribution is 2.30. The Morgan fingerprint density at radius 3 is 2.77 bits per heavy atom. The number of benzene rings is 1. The molecule has 2 aromatic heterocycles. The lowest BCUT2D eigenvalue weighted by molar-refractivity contribution is 0.0832. The highest BCUT2D eigenvalue weighted by Gasteiger charge is 2.23. The van der Waals surface area contributed by atoms with E-state index in [1.807, 2.05) is 6.92 Å². The molecule has 3 rings (SSSR count). The minimum atomic E-state index is -3.97. The van der Waals surface area contributed by atoms with Gasteiger partial charge in [-0.05, 0) is 18.6 Å². The lowest BCUT2D eigenvalue weighted by Crippen LogP contribution is -2.20. The van der Waals surface area contributed by atoms with E-state index in [0.717, 1.165) is 16.9 Å². The number of nitrogens with one attached hydrogen (secondary N) is 2. The molecule has 0 aliphatic carbocycles. The SMILES string of the molecule is Cc1ccc(NS(=O)(=O)c2ncc(C(=O)N(C)C)s2)c2[nH]cc(C#N)c12. The Morgan fingerprint density at radius 1 is 1.38 bits per heavy atom. The van der Waals surface area contributed by atoms with Gasteiger partial charge in [-0.1, -0.05) is 17.4 Å².